The number of furan rings is 1. The van der Waals surface area contributed by atoms with Crippen molar-refractivity contribution in [2.75, 3.05) is 5.32 Å². The zero-order valence-corrected chi connectivity index (χ0v) is 14.3. The Kier molecular flexibility index (Phi) is 4.07. The molecule has 0 saturated heterocycles. The van der Waals surface area contributed by atoms with Gasteiger partial charge in [-0.3, -0.25) is 4.98 Å². The van der Waals surface area contributed by atoms with Gasteiger partial charge in [0.05, 0.1) is 17.6 Å². The SMILES string of the molecule is Cc1c(-c2ccc(Cl)cc2)oc2ncnc(NCc3ccccn3)c12. The fraction of sp³-hybridized carbons (Fsp3) is 0.105. The number of rotatable bonds is 4. The predicted octanol–water partition coefficient (Wildman–Crippen LogP) is 4.86. The molecule has 4 aromatic rings. The molecule has 0 atom stereocenters. The van der Waals surface area contributed by atoms with Gasteiger partial charge in [0.1, 0.15) is 17.9 Å². The van der Waals surface area contributed by atoms with Crippen molar-refractivity contribution in [1.29, 1.82) is 0 Å². The summed E-state index contributed by atoms with van der Waals surface area (Å²) in [4.78, 5) is 13.0. The van der Waals surface area contributed by atoms with Gasteiger partial charge in [0, 0.05) is 22.3 Å². The largest absolute Gasteiger partial charge is 0.437 e. The van der Waals surface area contributed by atoms with Crippen LogP contribution in [0, 0.1) is 6.92 Å². The molecule has 0 spiro atoms. The Balaban J connectivity index is 1.72. The van der Waals surface area contributed by atoms with Crippen LogP contribution in [0.4, 0.5) is 5.82 Å². The number of aryl methyl sites for hydroxylation is 1. The summed E-state index contributed by atoms with van der Waals surface area (Å²) in [6.07, 6.45) is 3.27. The van der Waals surface area contributed by atoms with E-state index in [1.807, 2.05) is 49.4 Å². The van der Waals surface area contributed by atoms with Gasteiger partial charge in [-0.2, -0.15) is 0 Å². The van der Waals surface area contributed by atoms with Crippen molar-refractivity contribution in [3.05, 3.63) is 71.3 Å². The minimum atomic E-state index is 0.556. The van der Waals surface area contributed by atoms with Gasteiger partial charge in [-0.1, -0.05) is 17.7 Å². The van der Waals surface area contributed by atoms with Crippen molar-refractivity contribution in [3.63, 3.8) is 0 Å². The number of anilines is 1. The van der Waals surface area contributed by atoms with Crippen molar-refractivity contribution < 1.29 is 4.42 Å². The maximum atomic E-state index is 5.97. The zero-order chi connectivity index (χ0) is 17.2. The van der Waals surface area contributed by atoms with E-state index in [-0.39, 0.29) is 0 Å². The first-order valence-electron chi connectivity index (χ1n) is 7.86. The Morgan fingerprint density at radius 2 is 1.88 bits per heavy atom. The van der Waals surface area contributed by atoms with Crippen LogP contribution in [0.1, 0.15) is 11.3 Å². The normalized spacial score (nSPS) is 11.0. The monoisotopic (exact) mass is 350 g/mol. The minimum absolute atomic E-state index is 0.556. The lowest BCUT2D eigenvalue weighted by Gasteiger charge is -2.06. The molecule has 0 aliphatic heterocycles. The van der Waals surface area contributed by atoms with Gasteiger partial charge in [-0.25, -0.2) is 9.97 Å². The first-order chi connectivity index (χ1) is 12.2. The van der Waals surface area contributed by atoms with E-state index in [9.17, 15) is 0 Å². The Bertz CT molecular complexity index is 1010. The molecule has 0 amide bonds. The average Bonchev–Trinajstić information content (AvgIpc) is 2.99. The topological polar surface area (TPSA) is 63.8 Å². The van der Waals surface area contributed by atoms with E-state index in [4.69, 9.17) is 16.0 Å². The third-order valence-corrected chi connectivity index (χ3v) is 4.25. The molecule has 5 nitrogen and oxygen atoms in total. The molecule has 0 unspecified atom stereocenters. The van der Waals surface area contributed by atoms with Gasteiger partial charge < -0.3 is 9.73 Å². The molecule has 0 aliphatic rings. The number of halogens is 1. The summed E-state index contributed by atoms with van der Waals surface area (Å²) >= 11 is 5.97. The molecule has 0 bridgehead atoms. The highest BCUT2D eigenvalue weighted by Crippen LogP contribution is 2.35. The van der Waals surface area contributed by atoms with E-state index in [1.165, 1.54) is 6.33 Å². The molecule has 4 rings (SSSR count). The quantitative estimate of drug-likeness (QED) is 0.569. The van der Waals surface area contributed by atoms with E-state index in [2.05, 4.69) is 20.3 Å². The molecular weight excluding hydrogens is 336 g/mol. The molecule has 1 N–H and O–H groups in total. The van der Waals surface area contributed by atoms with Crippen LogP contribution in [-0.4, -0.2) is 15.0 Å². The molecule has 3 heterocycles. The number of hydrogen-bond acceptors (Lipinski definition) is 5. The third kappa shape index (κ3) is 3.06. The molecule has 0 aliphatic carbocycles. The van der Waals surface area contributed by atoms with Crippen LogP contribution < -0.4 is 5.32 Å². The highest BCUT2D eigenvalue weighted by Gasteiger charge is 2.17. The maximum absolute atomic E-state index is 5.97. The number of hydrogen-bond donors (Lipinski definition) is 1. The molecule has 0 fully saturated rings. The van der Waals surface area contributed by atoms with Crippen LogP contribution in [0.2, 0.25) is 5.02 Å². The van der Waals surface area contributed by atoms with E-state index in [1.54, 1.807) is 6.20 Å². The maximum Gasteiger partial charge on any atom is 0.232 e. The first kappa shape index (κ1) is 15.6. The summed E-state index contributed by atoms with van der Waals surface area (Å²) in [5.41, 5.74) is 3.44. The molecule has 0 saturated carbocycles. The highest BCUT2D eigenvalue weighted by molar-refractivity contribution is 6.30. The summed E-state index contributed by atoms with van der Waals surface area (Å²) in [7, 11) is 0. The van der Waals surface area contributed by atoms with Gasteiger partial charge in [0.25, 0.3) is 0 Å². The average molecular weight is 351 g/mol. The lowest BCUT2D eigenvalue weighted by molar-refractivity contribution is 0.615. The van der Waals surface area contributed by atoms with Gasteiger partial charge in [0.15, 0.2) is 0 Å². The summed E-state index contributed by atoms with van der Waals surface area (Å²) in [5.74, 6) is 1.50. The smallest absolute Gasteiger partial charge is 0.232 e. The number of nitrogens with zero attached hydrogens (tertiary/aromatic N) is 3. The van der Waals surface area contributed by atoms with E-state index >= 15 is 0 Å². The Labute approximate surface area is 149 Å². The lowest BCUT2D eigenvalue weighted by Crippen LogP contribution is -2.03. The second-order valence-electron chi connectivity index (χ2n) is 5.64. The van der Waals surface area contributed by atoms with Crippen molar-refractivity contribution in [2.24, 2.45) is 0 Å². The summed E-state index contributed by atoms with van der Waals surface area (Å²) in [6, 6.07) is 13.4. The van der Waals surface area contributed by atoms with E-state index < -0.39 is 0 Å². The molecule has 3 aromatic heterocycles. The number of nitrogens with one attached hydrogen (secondary N) is 1. The van der Waals surface area contributed by atoms with Crippen molar-refractivity contribution in [3.8, 4) is 11.3 Å². The van der Waals surface area contributed by atoms with Crippen molar-refractivity contribution in [1.82, 2.24) is 15.0 Å². The van der Waals surface area contributed by atoms with Crippen LogP contribution in [0.15, 0.2) is 59.4 Å². The molecular formula is C19H15ClN4O. The third-order valence-electron chi connectivity index (χ3n) is 4.00. The first-order valence-corrected chi connectivity index (χ1v) is 8.24. The Hall–Kier alpha value is -2.92. The second kappa shape index (κ2) is 6.53. The molecule has 6 heteroatoms. The van der Waals surface area contributed by atoms with Gasteiger partial charge >= 0.3 is 0 Å². The van der Waals surface area contributed by atoms with Gasteiger partial charge in [-0.05, 0) is 43.3 Å². The zero-order valence-electron chi connectivity index (χ0n) is 13.5. The van der Waals surface area contributed by atoms with Crippen LogP contribution in [0.5, 0.6) is 0 Å². The standard InChI is InChI=1S/C19H15ClN4O/c1-12-16-18(22-10-15-4-2-3-9-21-15)23-11-24-19(16)25-17(12)13-5-7-14(20)8-6-13/h2-9,11H,10H2,1H3,(H,22,23,24). The Morgan fingerprint density at radius 3 is 2.64 bits per heavy atom. The highest BCUT2D eigenvalue weighted by atomic mass is 35.5. The number of pyridine rings is 1. The van der Waals surface area contributed by atoms with E-state index in [0.717, 1.165) is 33.8 Å². The molecule has 1 aromatic carbocycles. The van der Waals surface area contributed by atoms with Crippen LogP contribution in [-0.2, 0) is 6.54 Å². The molecule has 25 heavy (non-hydrogen) atoms. The van der Waals surface area contributed by atoms with Crippen LogP contribution in [0.25, 0.3) is 22.4 Å². The number of aromatic nitrogens is 3. The van der Waals surface area contributed by atoms with Crippen LogP contribution >= 0.6 is 11.6 Å². The summed E-state index contributed by atoms with van der Waals surface area (Å²) in [5, 5.41) is 4.89. The molecule has 124 valence electrons. The van der Waals surface area contributed by atoms with Gasteiger partial charge in [0.2, 0.25) is 5.71 Å². The fourth-order valence-corrected chi connectivity index (χ4v) is 2.89. The second-order valence-corrected chi connectivity index (χ2v) is 6.08. The molecule has 0 radical (unpaired) electrons. The van der Waals surface area contributed by atoms with Crippen LogP contribution in [0.3, 0.4) is 0 Å². The minimum Gasteiger partial charge on any atom is -0.437 e. The van der Waals surface area contributed by atoms with Crippen molar-refractivity contribution in [2.45, 2.75) is 13.5 Å². The number of fused-ring (bicyclic) bond motifs is 1. The number of benzene rings is 1. The van der Waals surface area contributed by atoms with Gasteiger partial charge in [-0.15, -0.1) is 0 Å². The lowest BCUT2D eigenvalue weighted by atomic mass is 10.1. The fourth-order valence-electron chi connectivity index (χ4n) is 2.76. The predicted molar refractivity (Wildman–Crippen MR) is 98.6 cm³/mol. The summed E-state index contributed by atoms with van der Waals surface area (Å²) < 4.78 is 5.97. The van der Waals surface area contributed by atoms with E-state index in [0.29, 0.717) is 17.3 Å². The summed E-state index contributed by atoms with van der Waals surface area (Å²) in [6.45, 7) is 2.58. The Morgan fingerprint density at radius 1 is 1.04 bits per heavy atom. The van der Waals surface area contributed by atoms with Crippen molar-refractivity contribution >= 4 is 28.5 Å².